The summed E-state index contributed by atoms with van der Waals surface area (Å²) in [5.41, 5.74) is 0. The van der Waals surface area contributed by atoms with Gasteiger partial charge in [-0.25, -0.2) is 9.97 Å². The lowest BCUT2D eigenvalue weighted by Gasteiger charge is -2.12. The van der Waals surface area contributed by atoms with E-state index in [2.05, 4.69) is 34.4 Å². The van der Waals surface area contributed by atoms with E-state index in [0.29, 0.717) is 0 Å². The molecule has 0 spiro atoms. The van der Waals surface area contributed by atoms with Crippen LogP contribution >= 0.6 is 11.3 Å². The van der Waals surface area contributed by atoms with E-state index in [1.54, 1.807) is 11.3 Å². The lowest BCUT2D eigenvalue weighted by atomic mass is 10.3. The van der Waals surface area contributed by atoms with E-state index in [9.17, 15) is 0 Å². The molecular formula is C13H18N4S. The lowest BCUT2D eigenvalue weighted by Crippen LogP contribution is -2.08. The maximum absolute atomic E-state index is 4.44. The molecule has 0 fully saturated rings. The maximum Gasteiger partial charge on any atom is 0.128 e. The molecule has 2 aromatic heterocycles. The molecule has 4 nitrogen and oxygen atoms in total. The van der Waals surface area contributed by atoms with Crippen LogP contribution in [0.4, 0.5) is 11.6 Å². The summed E-state index contributed by atoms with van der Waals surface area (Å²) >= 11 is 1.75. The zero-order valence-electron chi connectivity index (χ0n) is 10.9. The molecule has 0 aliphatic heterocycles. The van der Waals surface area contributed by atoms with Gasteiger partial charge in [0.1, 0.15) is 16.6 Å². The molecular weight excluding hydrogens is 244 g/mol. The molecule has 0 radical (unpaired) electrons. The minimum absolute atomic E-state index is 0.176. The average Bonchev–Trinajstić information content (AvgIpc) is 2.88. The van der Waals surface area contributed by atoms with Gasteiger partial charge >= 0.3 is 0 Å². The number of aryl methyl sites for hydroxylation is 1. The fraction of sp³-hybridized carbons (Fsp3) is 0.385. The fourth-order valence-corrected chi connectivity index (χ4v) is 2.48. The van der Waals surface area contributed by atoms with Crippen molar-refractivity contribution >= 4 is 23.0 Å². The second-order valence-electron chi connectivity index (χ2n) is 4.04. The first kappa shape index (κ1) is 12.8. The second kappa shape index (κ2) is 5.82. The largest absolute Gasteiger partial charge is 0.373 e. The lowest BCUT2D eigenvalue weighted by molar-refractivity contribution is 0.861. The Bertz CT molecular complexity index is 509. The number of pyridine rings is 1. The van der Waals surface area contributed by atoms with E-state index in [1.165, 1.54) is 4.88 Å². The summed E-state index contributed by atoms with van der Waals surface area (Å²) in [6, 6.07) is 6.06. The number of anilines is 2. The monoisotopic (exact) mass is 262 g/mol. The van der Waals surface area contributed by atoms with Crippen LogP contribution in [0, 0.1) is 0 Å². The van der Waals surface area contributed by atoms with Crippen LogP contribution in [-0.2, 0) is 6.42 Å². The molecule has 2 N–H and O–H groups in total. The minimum atomic E-state index is 0.176. The number of thiazole rings is 1. The van der Waals surface area contributed by atoms with Crippen LogP contribution < -0.4 is 10.6 Å². The zero-order chi connectivity index (χ0) is 13.0. The van der Waals surface area contributed by atoms with Crippen LogP contribution in [0.1, 0.15) is 29.8 Å². The molecule has 0 saturated carbocycles. The molecule has 1 unspecified atom stereocenters. The fourth-order valence-electron chi connectivity index (χ4n) is 1.62. The average molecular weight is 262 g/mol. The van der Waals surface area contributed by atoms with Crippen LogP contribution in [0.15, 0.2) is 24.4 Å². The Kier molecular flexibility index (Phi) is 4.15. The van der Waals surface area contributed by atoms with Crippen molar-refractivity contribution in [2.45, 2.75) is 26.3 Å². The first-order valence-electron chi connectivity index (χ1n) is 6.09. The number of hydrogen-bond acceptors (Lipinski definition) is 5. The van der Waals surface area contributed by atoms with Gasteiger partial charge in [-0.15, -0.1) is 11.3 Å². The Morgan fingerprint density at radius 2 is 2.11 bits per heavy atom. The number of nitrogens with one attached hydrogen (secondary N) is 2. The van der Waals surface area contributed by atoms with Gasteiger partial charge in [0, 0.05) is 18.1 Å². The van der Waals surface area contributed by atoms with Gasteiger partial charge in [0.15, 0.2) is 0 Å². The van der Waals surface area contributed by atoms with Gasteiger partial charge in [0.05, 0.1) is 6.04 Å². The number of rotatable bonds is 5. The minimum Gasteiger partial charge on any atom is -0.373 e. The molecule has 0 bridgehead atoms. The molecule has 96 valence electrons. The molecule has 0 aliphatic carbocycles. The predicted octanol–water partition coefficient (Wildman–Crippen LogP) is 3.32. The quantitative estimate of drug-likeness (QED) is 0.868. The molecule has 0 saturated heterocycles. The summed E-state index contributed by atoms with van der Waals surface area (Å²) < 4.78 is 0. The highest BCUT2D eigenvalue weighted by molar-refractivity contribution is 7.11. The Morgan fingerprint density at radius 3 is 2.78 bits per heavy atom. The van der Waals surface area contributed by atoms with Gasteiger partial charge in [-0.1, -0.05) is 13.0 Å². The zero-order valence-corrected chi connectivity index (χ0v) is 11.7. The van der Waals surface area contributed by atoms with E-state index in [1.807, 2.05) is 31.4 Å². The van der Waals surface area contributed by atoms with E-state index in [-0.39, 0.29) is 6.04 Å². The van der Waals surface area contributed by atoms with E-state index in [0.717, 1.165) is 23.1 Å². The van der Waals surface area contributed by atoms with Crippen LogP contribution in [0.25, 0.3) is 0 Å². The second-order valence-corrected chi connectivity index (χ2v) is 5.19. The smallest absolute Gasteiger partial charge is 0.128 e. The molecule has 5 heteroatoms. The highest BCUT2D eigenvalue weighted by Gasteiger charge is 2.10. The Hall–Kier alpha value is -1.62. The van der Waals surface area contributed by atoms with Gasteiger partial charge < -0.3 is 10.6 Å². The third-order valence-corrected chi connectivity index (χ3v) is 3.98. The van der Waals surface area contributed by atoms with Crippen LogP contribution in [0.5, 0.6) is 0 Å². The molecule has 1 atom stereocenters. The summed E-state index contributed by atoms with van der Waals surface area (Å²) in [7, 11) is 1.86. The van der Waals surface area contributed by atoms with Crippen molar-refractivity contribution in [1.82, 2.24) is 9.97 Å². The van der Waals surface area contributed by atoms with E-state index in [4.69, 9.17) is 0 Å². The van der Waals surface area contributed by atoms with E-state index < -0.39 is 0 Å². The third kappa shape index (κ3) is 2.98. The number of nitrogens with zero attached hydrogens (tertiary/aromatic N) is 2. The number of hydrogen-bond donors (Lipinski definition) is 2. The molecule has 2 rings (SSSR count). The molecule has 18 heavy (non-hydrogen) atoms. The van der Waals surface area contributed by atoms with Crippen molar-refractivity contribution in [1.29, 1.82) is 0 Å². The molecule has 2 heterocycles. The highest BCUT2D eigenvalue weighted by Crippen LogP contribution is 2.23. The van der Waals surface area contributed by atoms with Crippen molar-refractivity contribution in [3.8, 4) is 0 Å². The highest BCUT2D eigenvalue weighted by atomic mass is 32.1. The number of aromatic nitrogens is 2. The van der Waals surface area contributed by atoms with Crippen LogP contribution in [0.3, 0.4) is 0 Å². The summed E-state index contributed by atoms with van der Waals surface area (Å²) in [6.07, 6.45) is 2.99. The Balaban J connectivity index is 2.08. The molecule has 0 aliphatic rings. The third-order valence-electron chi connectivity index (χ3n) is 2.66. The summed E-state index contributed by atoms with van der Waals surface area (Å²) in [5.74, 6) is 1.73. The summed E-state index contributed by atoms with van der Waals surface area (Å²) in [6.45, 7) is 4.25. The molecule has 0 aromatic carbocycles. The van der Waals surface area contributed by atoms with Crippen molar-refractivity contribution < 1.29 is 0 Å². The van der Waals surface area contributed by atoms with Gasteiger partial charge in [-0.05, 0) is 25.5 Å². The standard InChI is InChI=1S/C13H18N4S/c1-4-10-8-15-13(18-10)9(2)16-12-7-5-6-11(14-3)17-12/h5-9H,4H2,1-3H3,(H2,14,16,17). The van der Waals surface area contributed by atoms with Gasteiger partial charge in [0.2, 0.25) is 0 Å². The van der Waals surface area contributed by atoms with Crippen molar-refractivity contribution in [3.63, 3.8) is 0 Å². The van der Waals surface area contributed by atoms with Gasteiger partial charge in [0.25, 0.3) is 0 Å². The molecule has 2 aromatic rings. The predicted molar refractivity (Wildman–Crippen MR) is 77.3 cm³/mol. The Morgan fingerprint density at radius 1 is 1.33 bits per heavy atom. The van der Waals surface area contributed by atoms with Crippen LogP contribution in [0.2, 0.25) is 0 Å². The summed E-state index contributed by atoms with van der Waals surface area (Å²) in [4.78, 5) is 10.2. The molecule has 0 amide bonds. The first-order valence-corrected chi connectivity index (χ1v) is 6.90. The first-order chi connectivity index (χ1) is 8.72. The van der Waals surface area contributed by atoms with E-state index >= 15 is 0 Å². The van der Waals surface area contributed by atoms with Gasteiger partial charge in [-0.2, -0.15) is 0 Å². The van der Waals surface area contributed by atoms with Crippen molar-refractivity contribution in [2.75, 3.05) is 17.7 Å². The van der Waals surface area contributed by atoms with Crippen molar-refractivity contribution in [3.05, 3.63) is 34.3 Å². The SMILES string of the molecule is CCc1cnc(C(C)Nc2cccc(NC)n2)s1. The Labute approximate surface area is 111 Å². The maximum atomic E-state index is 4.44. The van der Waals surface area contributed by atoms with Gasteiger partial charge in [-0.3, -0.25) is 0 Å². The van der Waals surface area contributed by atoms with Crippen molar-refractivity contribution in [2.24, 2.45) is 0 Å². The topological polar surface area (TPSA) is 49.8 Å². The normalized spacial score (nSPS) is 12.2. The van der Waals surface area contributed by atoms with Crippen LogP contribution in [-0.4, -0.2) is 17.0 Å². The summed E-state index contributed by atoms with van der Waals surface area (Å²) in [5, 5.41) is 7.50.